The van der Waals surface area contributed by atoms with Crippen molar-refractivity contribution < 1.29 is 5.11 Å². The molecule has 0 radical (unpaired) electrons. The van der Waals surface area contributed by atoms with Crippen LogP contribution in [-0.2, 0) is 0 Å². The second-order valence-corrected chi connectivity index (χ2v) is 4.75. The lowest BCUT2D eigenvalue weighted by Gasteiger charge is -2.22. The molecule has 0 aliphatic rings. The first-order valence-corrected chi connectivity index (χ1v) is 5.86. The van der Waals surface area contributed by atoms with Crippen LogP contribution in [0, 0.1) is 0 Å². The van der Waals surface area contributed by atoms with Crippen LogP contribution in [0.3, 0.4) is 0 Å². The summed E-state index contributed by atoms with van der Waals surface area (Å²) in [7, 11) is 6.11. The number of rotatable bonds is 6. The molecule has 3 N–H and O–H groups in total. The van der Waals surface area contributed by atoms with Crippen molar-refractivity contribution >= 4 is 5.69 Å². The highest BCUT2D eigenvalue weighted by Gasteiger charge is 2.10. The van der Waals surface area contributed by atoms with Gasteiger partial charge >= 0.3 is 0 Å². The quantitative estimate of drug-likeness (QED) is 0.719. The fourth-order valence-electron chi connectivity index (χ4n) is 1.58. The first-order valence-electron chi connectivity index (χ1n) is 5.86. The van der Waals surface area contributed by atoms with E-state index in [2.05, 4.69) is 9.80 Å². The van der Waals surface area contributed by atoms with Gasteiger partial charge in [-0.2, -0.15) is 0 Å². The number of hydrogen-bond acceptors (Lipinski definition) is 4. The summed E-state index contributed by atoms with van der Waals surface area (Å²) in [6.45, 7) is 2.57. The van der Waals surface area contributed by atoms with Gasteiger partial charge in [0.05, 0.1) is 6.10 Å². The largest absolute Gasteiger partial charge is 0.399 e. The van der Waals surface area contributed by atoms with Crippen LogP contribution < -0.4 is 5.73 Å². The molecule has 0 saturated carbocycles. The van der Waals surface area contributed by atoms with Crippen molar-refractivity contribution in [2.24, 2.45) is 0 Å². The van der Waals surface area contributed by atoms with E-state index in [1.807, 2.05) is 45.4 Å². The van der Waals surface area contributed by atoms with Crippen LogP contribution in [0.5, 0.6) is 0 Å². The lowest BCUT2D eigenvalue weighted by Crippen LogP contribution is -2.31. The summed E-state index contributed by atoms with van der Waals surface area (Å²) in [4.78, 5) is 4.26. The Morgan fingerprint density at radius 3 is 2.24 bits per heavy atom. The number of hydrogen-bond donors (Lipinski definition) is 2. The van der Waals surface area contributed by atoms with Crippen molar-refractivity contribution in [2.75, 3.05) is 46.5 Å². The summed E-state index contributed by atoms with van der Waals surface area (Å²) in [6, 6.07) is 7.39. The molecule has 0 heterocycles. The molecule has 0 bridgehead atoms. The minimum Gasteiger partial charge on any atom is -0.399 e. The fraction of sp³-hybridized carbons (Fsp3) is 0.538. The van der Waals surface area contributed by atoms with Crippen molar-refractivity contribution in [2.45, 2.75) is 6.10 Å². The predicted molar refractivity (Wildman–Crippen MR) is 71.9 cm³/mol. The van der Waals surface area contributed by atoms with Crippen LogP contribution in [0.15, 0.2) is 24.3 Å². The van der Waals surface area contributed by atoms with Gasteiger partial charge in [0.2, 0.25) is 0 Å². The van der Waals surface area contributed by atoms with E-state index in [4.69, 9.17) is 5.73 Å². The number of aliphatic hydroxyl groups excluding tert-OH is 1. The second kappa shape index (κ2) is 6.59. The van der Waals surface area contributed by atoms with E-state index >= 15 is 0 Å². The molecule has 0 fully saturated rings. The van der Waals surface area contributed by atoms with Gasteiger partial charge in [0.25, 0.3) is 0 Å². The van der Waals surface area contributed by atoms with Crippen LogP contribution in [0.25, 0.3) is 0 Å². The maximum Gasteiger partial charge on any atom is 0.0916 e. The third-order valence-electron chi connectivity index (χ3n) is 2.73. The molecular formula is C13H23N3O. The van der Waals surface area contributed by atoms with Gasteiger partial charge in [0.1, 0.15) is 0 Å². The highest BCUT2D eigenvalue weighted by atomic mass is 16.3. The Balaban J connectivity index is 2.42. The minimum absolute atomic E-state index is 0.456. The van der Waals surface area contributed by atoms with Gasteiger partial charge in [-0.05, 0) is 38.8 Å². The molecule has 0 saturated heterocycles. The van der Waals surface area contributed by atoms with Crippen LogP contribution in [0.1, 0.15) is 11.7 Å². The molecule has 0 aliphatic heterocycles. The topological polar surface area (TPSA) is 52.7 Å². The molecule has 1 aromatic rings. The zero-order valence-electron chi connectivity index (χ0n) is 10.9. The minimum atomic E-state index is -0.456. The number of nitrogens with two attached hydrogens (primary N) is 1. The van der Waals surface area contributed by atoms with Crippen LogP contribution in [0.4, 0.5) is 5.69 Å². The van der Waals surface area contributed by atoms with Gasteiger partial charge in [0, 0.05) is 25.3 Å². The van der Waals surface area contributed by atoms with Gasteiger partial charge in [0.15, 0.2) is 0 Å². The lowest BCUT2D eigenvalue weighted by molar-refractivity contribution is 0.123. The van der Waals surface area contributed by atoms with Crippen molar-refractivity contribution in [3.05, 3.63) is 29.8 Å². The van der Waals surface area contributed by atoms with Crippen LogP contribution in [-0.4, -0.2) is 55.7 Å². The Kier molecular flexibility index (Phi) is 5.41. The lowest BCUT2D eigenvalue weighted by atomic mass is 10.1. The SMILES string of the molecule is CN(C)CCN(C)CC(O)c1ccc(N)cc1. The van der Waals surface area contributed by atoms with Gasteiger partial charge in [-0.3, -0.25) is 0 Å². The molecule has 1 atom stereocenters. The molecule has 1 rings (SSSR count). The van der Waals surface area contributed by atoms with Gasteiger partial charge in [-0.25, -0.2) is 0 Å². The summed E-state index contributed by atoms with van der Waals surface area (Å²) in [6.07, 6.45) is -0.456. The van der Waals surface area contributed by atoms with Crippen molar-refractivity contribution in [3.8, 4) is 0 Å². The molecular weight excluding hydrogens is 214 g/mol. The number of anilines is 1. The van der Waals surface area contributed by atoms with Crippen molar-refractivity contribution in [1.82, 2.24) is 9.80 Å². The first-order chi connectivity index (χ1) is 7.99. The maximum atomic E-state index is 10.1. The molecule has 0 aromatic heterocycles. The normalized spacial score (nSPS) is 13.3. The van der Waals surface area contributed by atoms with E-state index in [1.165, 1.54) is 0 Å². The number of likely N-dealkylation sites (N-methyl/N-ethyl adjacent to an activating group) is 2. The van der Waals surface area contributed by atoms with Crippen molar-refractivity contribution in [1.29, 1.82) is 0 Å². The Bertz CT molecular complexity index is 324. The highest BCUT2D eigenvalue weighted by Crippen LogP contribution is 2.15. The Morgan fingerprint density at radius 2 is 1.71 bits per heavy atom. The standard InChI is InChI=1S/C13H23N3O/c1-15(2)8-9-16(3)10-13(17)11-4-6-12(14)7-5-11/h4-7,13,17H,8-10,14H2,1-3H3. The third-order valence-corrected chi connectivity index (χ3v) is 2.73. The number of benzene rings is 1. The summed E-state index contributed by atoms with van der Waals surface area (Å²) in [5, 5.41) is 10.1. The summed E-state index contributed by atoms with van der Waals surface area (Å²) in [5.41, 5.74) is 7.25. The smallest absolute Gasteiger partial charge is 0.0916 e. The first kappa shape index (κ1) is 14.0. The van der Waals surface area contributed by atoms with E-state index in [9.17, 15) is 5.11 Å². The molecule has 1 aromatic carbocycles. The monoisotopic (exact) mass is 237 g/mol. The molecule has 0 amide bonds. The second-order valence-electron chi connectivity index (χ2n) is 4.75. The Labute approximate surface area is 104 Å². The summed E-state index contributed by atoms with van der Waals surface area (Å²) in [5.74, 6) is 0. The van der Waals surface area contributed by atoms with Crippen LogP contribution in [0.2, 0.25) is 0 Å². The molecule has 4 nitrogen and oxygen atoms in total. The zero-order chi connectivity index (χ0) is 12.8. The Hall–Kier alpha value is -1.10. The van der Waals surface area contributed by atoms with Crippen LogP contribution >= 0.6 is 0 Å². The summed E-state index contributed by atoms with van der Waals surface area (Å²) >= 11 is 0. The average molecular weight is 237 g/mol. The van der Waals surface area contributed by atoms with Gasteiger partial charge in [-0.15, -0.1) is 0 Å². The number of nitrogens with zero attached hydrogens (tertiary/aromatic N) is 2. The zero-order valence-corrected chi connectivity index (χ0v) is 10.9. The maximum absolute atomic E-state index is 10.1. The van der Waals surface area contributed by atoms with E-state index in [1.54, 1.807) is 0 Å². The van der Waals surface area contributed by atoms with Gasteiger partial charge < -0.3 is 20.6 Å². The molecule has 1 unspecified atom stereocenters. The predicted octanol–water partition coefficient (Wildman–Crippen LogP) is 0.796. The van der Waals surface area contributed by atoms with E-state index < -0.39 is 6.10 Å². The molecule has 17 heavy (non-hydrogen) atoms. The third kappa shape index (κ3) is 5.17. The summed E-state index contributed by atoms with van der Waals surface area (Å²) < 4.78 is 0. The van der Waals surface area contributed by atoms with E-state index in [-0.39, 0.29) is 0 Å². The molecule has 96 valence electrons. The number of aliphatic hydroxyl groups is 1. The average Bonchev–Trinajstić information content (AvgIpc) is 2.27. The van der Waals surface area contributed by atoms with Crippen molar-refractivity contribution in [3.63, 3.8) is 0 Å². The fourth-order valence-corrected chi connectivity index (χ4v) is 1.58. The molecule has 0 spiro atoms. The van der Waals surface area contributed by atoms with E-state index in [0.29, 0.717) is 6.54 Å². The van der Waals surface area contributed by atoms with Gasteiger partial charge in [-0.1, -0.05) is 12.1 Å². The molecule has 4 heteroatoms. The van der Waals surface area contributed by atoms with E-state index in [0.717, 1.165) is 24.3 Å². The Morgan fingerprint density at radius 1 is 1.12 bits per heavy atom. The molecule has 0 aliphatic carbocycles. The number of nitrogen functional groups attached to an aromatic ring is 1. The highest BCUT2D eigenvalue weighted by molar-refractivity contribution is 5.39.